The topological polar surface area (TPSA) is 27.1 Å². The molecule has 3 rings (SSSR count). The van der Waals surface area contributed by atoms with E-state index in [1.807, 2.05) is 12.3 Å². The third-order valence-electron chi connectivity index (χ3n) is 4.11. The number of hydrogen-bond donors (Lipinski definition) is 0. The smallest absolute Gasteiger partial charge is 0.0944 e. The van der Waals surface area contributed by atoms with Crippen molar-refractivity contribution in [3.8, 4) is 11.3 Å². The maximum atomic E-state index is 5.26. The van der Waals surface area contributed by atoms with Gasteiger partial charge in [-0.2, -0.15) is 0 Å². The molecule has 0 fully saturated rings. The molecule has 0 aliphatic heterocycles. The zero-order chi connectivity index (χ0) is 14.8. The van der Waals surface area contributed by atoms with Gasteiger partial charge < -0.3 is 9.30 Å². The number of hydrogen-bond acceptors (Lipinski definition) is 2. The van der Waals surface area contributed by atoms with Gasteiger partial charge >= 0.3 is 0 Å². The van der Waals surface area contributed by atoms with Crippen LogP contribution in [0.15, 0.2) is 42.6 Å². The van der Waals surface area contributed by atoms with Crippen molar-refractivity contribution >= 4 is 10.9 Å². The van der Waals surface area contributed by atoms with E-state index in [0.29, 0.717) is 6.61 Å². The molecule has 0 atom stereocenters. The second kappa shape index (κ2) is 5.70. The fraction of sp³-hybridized carbons (Fsp3) is 0.278. The lowest BCUT2D eigenvalue weighted by Crippen LogP contribution is -2.06. The third-order valence-corrected chi connectivity index (χ3v) is 4.11. The first kappa shape index (κ1) is 13.8. The Morgan fingerprint density at radius 3 is 2.57 bits per heavy atom. The fourth-order valence-corrected chi connectivity index (χ4v) is 2.86. The molecule has 0 N–H and O–H groups in total. The summed E-state index contributed by atoms with van der Waals surface area (Å²) in [5, 5.41) is 1.28. The Labute approximate surface area is 125 Å². The maximum absolute atomic E-state index is 5.26. The molecule has 0 bridgehead atoms. The standard InChI is InChI=1S/C18H20N2O/c1-13-14(2)20(11-12-21-3)18-16(13)9-10-19-17(18)15-7-5-4-6-8-15/h4-10H,11-12H2,1-3H3. The molecule has 0 saturated carbocycles. The fourth-order valence-electron chi connectivity index (χ4n) is 2.86. The summed E-state index contributed by atoms with van der Waals surface area (Å²) in [6, 6.07) is 12.5. The minimum absolute atomic E-state index is 0.702. The number of methoxy groups -OCH3 is 1. The van der Waals surface area contributed by atoms with Gasteiger partial charge in [-0.25, -0.2) is 0 Å². The second-order valence-corrected chi connectivity index (χ2v) is 5.28. The van der Waals surface area contributed by atoms with Crippen LogP contribution in [0.4, 0.5) is 0 Å². The number of aromatic nitrogens is 2. The summed E-state index contributed by atoms with van der Waals surface area (Å²) in [4.78, 5) is 4.64. The summed E-state index contributed by atoms with van der Waals surface area (Å²) in [5.41, 5.74) is 6.00. The van der Waals surface area contributed by atoms with Crippen LogP contribution in [0, 0.1) is 13.8 Å². The lowest BCUT2D eigenvalue weighted by atomic mass is 10.1. The highest BCUT2D eigenvalue weighted by molar-refractivity contribution is 5.95. The second-order valence-electron chi connectivity index (χ2n) is 5.28. The molecule has 0 radical (unpaired) electrons. The third kappa shape index (κ3) is 2.34. The highest BCUT2D eigenvalue weighted by atomic mass is 16.5. The number of nitrogens with zero attached hydrogens (tertiary/aromatic N) is 2. The summed E-state index contributed by atoms with van der Waals surface area (Å²) < 4.78 is 7.59. The summed E-state index contributed by atoms with van der Waals surface area (Å²) >= 11 is 0. The number of pyridine rings is 1. The van der Waals surface area contributed by atoms with Crippen LogP contribution in [-0.4, -0.2) is 23.3 Å². The molecule has 3 heteroatoms. The van der Waals surface area contributed by atoms with Gasteiger partial charge in [0.2, 0.25) is 0 Å². The highest BCUT2D eigenvalue weighted by Gasteiger charge is 2.15. The van der Waals surface area contributed by atoms with Crippen LogP contribution in [-0.2, 0) is 11.3 Å². The van der Waals surface area contributed by atoms with Crippen molar-refractivity contribution in [2.45, 2.75) is 20.4 Å². The molecule has 3 nitrogen and oxygen atoms in total. The van der Waals surface area contributed by atoms with Gasteiger partial charge in [0.1, 0.15) is 0 Å². The molecule has 3 aromatic rings. The summed E-state index contributed by atoms with van der Waals surface area (Å²) in [5.74, 6) is 0. The number of aryl methyl sites for hydroxylation is 1. The Kier molecular flexibility index (Phi) is 3.76. The van der Waals surface area contributed by atoms with Gasteiger partial charge in [0.05, 0.1) is 17.8 Å². The van der Waals surface area contributed by atoms with Gasteiger partial charge in [-0.3, -0.25) is 4.98 Å². The van der Waals surface area contributed by atoms with Crippen molar-refractivity contribution in [1.82, 2.24) is 9.55 Å². The largest absolute Gasteiger partial charge is 0.383 e. The average Bonchev–Trinajstić information content (AvgIpc) is 2.78. The molecule has 2 aromatic heterocycles. The number of ether oxygens (including phenoxy) is 1. The van der Waals surface area contributed by atoms with Crippen molar-refractivity contribution in [2.75, 3.05) is 13.7 Å². The Morgan fingerprint density at radius 1 is 1.10 bits per heavy atom. The van der Waals surface area contributed by atoms with E-state index in [-0.39, 0.29) is 0 Å². The zero-order valence-electron chi connectivity index (χ0n) is 12.8. The predicted molar refractivity (Wildman–Crippen MR) is 86.5 cm³/mol. The molecular formula is C18H20N2O. The molecule has 2 heterocycles. The van der Waals surface area contributed by atoms with E-state index in [2.05, 4.69) is 53.7 Å². The summed E-state index contributed by atoms with van der Waals surface area (Å²) in [6.45, 7) is 5.89. The Bertz CT molecular complexity index is 760. The van der Waals surface area contributed by atoms with Crippen LogP contribution < -0.4 is 0 Å². The van der Waals surface area contributed by atoms with E-state index in [4.69, 9.17) is 4.74 Å². The minimum Gasteiger partial charge on any atom is -0.383 e. The van der Waals surface area contributed by atoms with Crippen LogP contribution in [0.5, 0.6) is 0 Å². The average molecular weight is 280 g/mol. The lowest BCUT2D eigenvalue weighted by molar-refractivity contribution is 0.188. The SMILES string of the molecule is COCCn1c(C)c(C)c2ccnc(-c3ccccc3)c21. The van der Waals surface area contributed by atoms with Gasteiger partial charge in [0.15, 0.2) is 0 Å². The minimum atomic E-state index is 0.702. The van der Waals surface area contributed by atoms with Crippen molar-refractivity contribution in [1.29, 1.82) is 0 Å². The molecular weight excluding hydrogens is 260 g/mol. The van der Waals surface area contributed by atoms with Gasteiger partial charge in [-0.1, -0.05) is 30.3 Å². The first-order chi connectivity index (χ1) is 10.2. The first-order valence-corrected chi connectivity index (χ1v) is 7.22. The quantitative estimate of drug-likeness (QED) is 0.723. The van der Waals surface area contributed by atoms with Crippen molar-refractivity contribution in [3.63, 3.8) is 0 Å². The molecule has 21 heavy (non-hydrogen) atoms. The van der Waals surface area contributed by atoms with Crippen LogP contribution in [0.2, 0.25) is 0 Å². The van der Waals surface area contributed by atoms with E-state index in [1.54, 1.807) is 7.11 Å². The van der Waals surface area contributed by atoms with Crippen molar-refractivity contribution < 1.29 is 4.74 Å². The van der Waals surface area contributed by atoms with Gasteiger partial charge in [0, 0.05) is 36.5 Å². The van der Waals surface area contributed by atoms with Gasteiger partial charge in [-0.15, -0.1) is 0 Å². The molecule has 0 unspecified atom stereocenters. The number of fused-ring (bicyclic) bond motifs is 1. The lowest BCUT2D eigenvalue weighted by Gasteiger charge is -2.10. The van der Waals surface area contributed by atoms with E-state index < -0.39 is 0 Å². The molecule has 0 aliphatic carbocycles. The van der Waals surface area contributed by atoms with Crippen LogP contribution in [0.3, 0.4) is 0 Å². The number of benzene rings is 1. The Hall–Kier alpha value is -2.13. The van der Waals surface area contributed by atoms with Crippen molar-refractivity contribution in [2.24, 2.45) is 0 Å². The molecule has 0 saturated heterocycles. The van der Waals surface area contributed by atoms with E-state index in [1.165, 1.54) is 22.2 Å². The molecule has 1 aromatic carbocycles. The Balaban J connectivity index is 2.28. The Morgan fingerprint density at radius 2 is 1.86 bits per heavy atom. The van der Waals surface area contributed by atoms with Gasteiger partial charge in [0.25, 0.3) is 0 Å². The van der Waals surface area contributed by atoms with Gasteiger partial charge in [-0.05, 0) is 25.5 Å². The maximum Gasteiger partial charge on any atom is 0.0944 e. The van der Waals surface area contributed by atoms with Crippen molar-refractivity contribution in [3.05, 3.63) is 53.9 Å². The molecule has 108 valence electrons. The van der Waals surface area contributed by atoms with Crippen LogP contribution >= 0.6 is 0 Å². The monoisotopic (exact) mass is 280 g/mol. The zero-order valence-corrected chi connectivity index (χ0v) is 12.8. The molecule has 0 spiro atoms. The summed E-state index contributed by atoms with van der Waals surface area (Å²) in [6.07, 6.45) is 1.90. The van der Waals surface area contributed by atoms with Crippen LogP contribution in [0.25, 0.3) is 22.2 Å². The summed E-state index contributed by atoms with van der Waals surface area (Å²) in [7, 11) is 1.74. The molecule has 0 aliphatic rings. The van der Waals surface area contributed by atoms with E-state index >= 15 is 0 Å². The highest BCUT2D eigenvalue weighted by Crippen LogP contribution is 2.32. The normalized spacial score (nSPS) is 11.2. The predicted octanol–water partition coefficient (Wildman–Crippen LogP) is 3.97. The first-order valence-electron chi connectivity index (χ1n) is 7.22. The van der Waals surface area contributed by atoms with E-state index in [0.717, 1.165) is 17.8 Å². The molecule has 0 amide bonds. The van der Waals surface area contributed by atoms with E-state index in [9.17, 15) is 0 Å². The van der Waals surface area contributed by atoms with Crippen LogP contribution in [0.1, 0.15) is 11.3 Å². The number of rotatable bonds is 4.